The van der Waals surface area contributed by atoms with Gasteiger partial charge in [0.2, 0.25) is 5.91 Å². The molecule has 4 aromatic rings. The topological polar surface area (TPSA) is 85.1 Å². The maximum atomic E-state index is 13.1. The third kappa shape index (κ3) is 6.06. The summed E-state index contributed by atoms with van der Waals surface area (Å²) >= 11 is 0. The third-order valence-corrected chi connectivity index (χ3v) is 6.41. The first-order valence-corrected chi connectivity index (χ1v) is 12.5. The molecule has 2 amide bonds. The van der Waals surface area contributed by atoms with Crippen molar-refractivity contribution in [3.63, 3.8) is 0 Å². The Kier molecular flexibility index (Phi) is 8.03. The van der Waals surface area contributed by atoms with Gasteiger partial charge < -0.3 is 10.6 Å². The fourth-order valence-corrected chi connectivity index (χ4v) is 4.23. The summed E-state index contributed by atoms with van der Waals surface area (Å²) in [6.45, 7) is 3.95. The number of rotatable bonds is 9. The zero-order valence-electron chi connectivity index (χ0n) is 21.5. The van der Waals surface area contributed by atoms with Gasteiger partial charge in [0.15, 0.2) is 0 Å². The van der Waals surface area contributed by atoms with E-state index in [1.54, 1.807) is 42.9 Å². The van der Waals surface area contributed by atoms with E-state index in [1.165, 1.54) is 10.2 Å². The van der Waals surface area contributed by atoms with Gasteiger partial charge in [-0.05, 0) is 61.2 Å². The monoisotopic (exact) mass is 496 g/mol. The quantitative estimate of drug-likeness (QED) is 0.331. The van der Waals surface area contributed by atoms with Crippen LogP contribution in [0.4, 0.5) is 11.4 Å². The van der Waals surface area contributed by atoms with Crippen molar-refractivity contribution in [2.75, 3.05) is 10.6 Å². The maximum absolute atomic E-state index is 13.1. The first-order valence-electron chi connectivity index (χ1n) is 12.5. The maximum Gasteiger partial charge on any atom is 0.295 e. The third-order valence-electron chi connectivity index (χ3n) is 6.41. The highest BCUT2D eigenvalue weighted by Crippen LogP contribution is 2.17. The highest BCUT2D eigenvalue weighted by Gasteiger charge is 2.19. The van der Waals surface area contributed by atoms with Gasteiger partial charge in [0, 0.05) is 18.3 Å². The van der Waals surface area contributed by atoms with E-state index in [-0.39, 0.29) is 23.6 Å². The van der Waals surface area contributed by atoms with Crippen LogP contribution in [0.2, 0.25) is 0 Å². The lowest BCUT2D eigenvalue weighted by atomic mass is 10.0. The highest BCUT2D eigenvalue weighted by atomic mass is 16.2. The Balaban J connectivity index is 1.44. The minimum Gasteiger partial charge on any atom is -0.326 e. The summed E-state index contributed by atoms with van der Waals surface area (Å²) in [7, 11) is 1.77. The summed E-state index contributed by atoms with van der Waals surface area (Å²) in [5.41, 5.74) is 4.30. The van der Waals surface area contributed by atoms with Gasteiger partial charge in [-0.1, -0.05) is 61.9 Å². The molecule has 0 fully saturated rings. The normalized spacial score (nSPS) is 10.8. The number of nitrogens with one attached hydrogen (secondary N) is 2. The van der Waals surface area contributed by atoms with E-state index in [0.29, 0.717) is 22.6 Å². The van der Waals surface area contributed by atoms with Crippen molar-refractivity contribution in [3.05, 3.63) is 112 Å². The van der Waals surface area contributed by atoms with Crippen molar-refractivity contribution in [1.82, 2.24) is 9.36 Å². The largest absolute Gasteiger partial charge is 0.326 e. The molecule has 0 saturated carbocycles. The number of nitrogens with zero attached hydrogens (tertiary/aromatic N) is 2. The summed E-state index contributed by atoms with van der Waals surface area (Å²) in [5, 5.41) is 5.63. The molecular weight excluding hydrogens is 464 g/mol. The first kappa shape index (κ1) is 25.7. The van der Waals surface area contributed by atoms with Gasteiger partial charge in [0.25, 0.3) is 11.5 Å². The summed E-state index contributed by atoms with van der Waals surface area (Å²) < 4.78 is 3.22. The molecule has 7 nitrogen and oxygen atoms in total. The summed E-state index contributed by atoms with van der Waals surface area (Å²) in [5.74, 6) is -0.590. The van der Waals surface area contributed by atoms with Crippen LogP contribution >= 0.6 is 0 Å². The summed E-state index contributed by atoms with van der Waals surface area (Å²) in [6, 6.07) is 24.0. The number of anilines is 2. The van der Waals surface area contributed by atoms with Crippen LogP contribution in [0.1, 0.15) is 46.9 Å². The second-order valence-corrected chi connectivity index (χ2v) is 9.12. The average molecular weight is 497 g/mol. The number of hydrogen-bond acceptors (Lipinski definition) is 3. The Morgan fingerprint density at radius 3 is 2.27 bits per heavy atom. The van der Waals surface area contributed by atoms with Crippen molar-refractivity contribution >= 4 is 23.2 Å². The van der Waals surface area contributed by atoms with E-state index in [1.807, 2.05) is 42.5 Å². The molecule has 0 spiro atoms. The van der Waals surface area contributed by atoms with Gasteiger partial charge in [0.1, 0.15) is 5.69 Å². The Labute approximate surface area is 216 Å². The Bertz CT molecular complexity index is 1450. The van der Waals surface area contributed by atoms with E-state index in [9.17, 15) is 14.4 Å². The molecule has 2 N–H and O–H groups in total. The number of carbonyl (C=O) groups excluding carboxylic acids is 2. The van der Waals surface area contributed by atoms with E-state index >= 15 is 0 Å². The number of benzene rings is 3. The highest BCUT2D eigenvalue weighted by molar-refractivity contribution is 6.05. The van der Waals surface area contributed by atoms with Crippen LogP contribution in [-0.4, -0.2) is 21.2 Å². The zero-order valence-corrected chi connectivity index (χ0v) is 21.5. The van der Waals surface area contributed by atoms with E-state index in [2.05, 4.69) is 29.7 Å². The number of aromatic nitrogens is 2. The number of amides is 2. The Morgan fingerprint density at radius 1 is 0.865 bits per heavy atom. The molecule has 4 rings (SSSR count). The van der Waals surface area contributed by atoms with E-state index in [4.69, 9.17) is 0 Å². The SMILES string of the molecule is CCCCc1ccc(CC(=O)Nc2cccc(C(=O)Nc3c(C)n(C)n(-c4ccccc4)c3=O)c2)cc1. The van der Waals surface area contributed by atoms with Crippen molar-refractivity contribution in [2.24, 2.45) is 7.05 Å². The molecule has 0 unspecified atom stereocenters. The molecule has 0 bridgehead atoms. The molecule has 0 atom stereocenters. The Hall–Kier alpha value is -4.39. The van der Waals surface area contributed by atoms with Crippen LogP contribution in [-0.2, 0) is 24.7 Å². The molecule has 1 heterocycles. The minimum atomic E-state index is -0.426. The van der Waals surface area contributed by atoms with Crippen LogP contribution < -0.4 is 16.2 Å². The number of aryl methyl sites for hydroxylation is 1. The zero-order chi connectivity index (χ0) is 26.4. The molecule has 190 valence electrons. The Morgan fingerprint density at radius 2 is 1.57 bits per heavy atom. The van der Waals surface area contributed by atoms with Crippen molar-refractivity contribution in [3.8, 4) is 5.69 Å². The lowest BCUT2D eigenvalue weighted by molar-refractivity contribution is -0.115. The molecule has 3 aromatic carbocycles. The molecule has 0 radical (unpaired) electrons. The van der Waals surface area contributed by atoms with E-state index in [0.717, 1.165) is 24.8 Å². The van der Waals surface area contributed by atoms with Gasteiger partial charge in [-0.15, -0.1) is 0 Å². The number of hydrogen-bond donors (Lipinski definition) is 2. The summed E-state index contributed by atoms with van der Waals surface area (Å²) in [6.07, 6.45) is 3.59. The van der Waals surface area contributed by atoms with Crippen LogP contribution in [0.3, 0.4) is 0 Å². The second kappa shape index (κ2) is 11.6. The van der Waals surface area contributed by atoms with Gasteiger partial charge in [-0.25, -0.2) is 4.68 Å². The predicted octanol–water partition coefficient (Wildman–Crippen LogP) is 5.26. The van der Waals surface area contributed by atoms with Gasteiger partial charge in [-0.2, -0.15) is 0 Å². The molecule has 37 heavy (non-hydrogen) atoms. The number of para-hydroxylation sites is 1. The fraction of sp³-hybridized carbons (Fsp3) is 0.233. The van der Waals surface area contributed by atoms with E-state index < -0.39 is 5.91 Å². The van der Waals surface area contributed by atoms with Crippen molar-refractivity contribution < 1.29 is 9.59 Å². The lowest BCUT2D eigenvalue weighted by Crippen LogP contribution is -2.23. The first-order chi connectivity index (χ1) is 17.9. The molecule has 0 aliphatic rings. The van der Waals surface area contributed by atoms with Gasteiger partial charge in [-0.3, -0.25) is 19.1 Å². The summed E-state index contributed by atoms with van der Waals surface area (Å²) in [4.78, 5) is 38.8. The number of carbonyl (C=O) groups is 2. The fourth-order valence-electron chi connectivity index (χ4n) is 4.23. The number of unbranched alkanes of at least 4 members (excludes halogenated alkanes) is 1. The smallest absolute Gasteiger partial charge is 0.295 e. The minimum absolute atomic E-state index is 0.163. The standard InChI is InChI=1S/C30H32N4O3/c1-4-5-10-22-15-17-23(18-16-22)19-27(35)31-25-12-9-11-24(20-25)29(36)32-28-21(2)33(3)34(30(28)37)26-13-7-6-8-14-26/h6-9,11-18,20H,4-5,10,19H2,1-3H3,(H,31,35)(H,32,36). The average Bonchev–Trinajstić information content (AvgIpc) is 3.11. The molecule has 7 heteroatoms. The van der Waals surface area contributed by atoms with Crippen molar-refractivity contribution in [1.29, 1.82) is 0 Å². The molecular formula is C30H32N4O3. The van der Waals surface area contributed by atoms with Gasteiger partial charge >= 0.3 is 0 Å². The lowest BCUT2D eigenvalue weighted by Gasteiger charge is -2.09. The molecule has 1 aromatic heterocycles. The van der Waals surface area contributed by atoms with Crippen LogP contribution in [0.5, 0.6) is 0 Å². The molecule has 0 aliphatic carbocycles. The van der Waals surface area contributed by atoms with Crippen LogP contribution in [0, 0.1) is 6.92 Å². The molecule has 0 aliphatic heterocycles. The second-order valence-electron chi connectivity index (χ2n) is 9.12. The van der Waals surface area contributed by atoms with Crippen LogP contribution in [0.25, 0.3) is 5.69 Å². The van der Waals surface area contributed by atoms with Crippen LogP contribution in [0.15, 0.2) is 83.7 Å². The molecule has 0 saturated heterocycles. The van der Waals surface area contributed by atoms with Crippen molar-refractivity contribution in [2.45, 2.75) is 39.5 Å². The van der Waals surface area contributed by atoms with Gasteiger partial charge in [0.05, 0.1) is 17.8 Å². The predicted molar refractivity (Wildman–Crippen MR) is 148 cm³/mol.